The molecule has 2 nitrogen and oxygen atoms in total. The fraction of sp³-hybridized carbons (Fsp3) is 1.00. The average Bonchev–Trinajstić information content (AvgIpc) is 3.20. The van der Waals surface area contributed by atoms with Crippen molar-refractivity contribution in [1.82, 2.24) is 10.2 Å². The van der Waals surface area contributed by atoms with Crippen LogP contribution in [0.1, 0.15) is 46.0 Å². The molecule has 1 atom stereocenters. The molecular formula is C16H30N2S. The van der Waals surface area contributed by atoms with Gasteiger partial charge in [0.25, 0.3) is 0 Å². The topological polar surface area (TPSA) is 15.3 Å². The van der Waals surface area contributed by atoms with Crippen molar-refractivity contribution in [3.8, 4) is 0 Å². The molecule has 2 aliphatic heterocycles. The molecule has 0 spiro atoms. The molecule has 0 aromatic heterocycles. The lowest BCUT2D eigenvalue weighted by Gasteiger charge is -2.42. The van der Waals surface area contributed by atoms with Gasteiger partial charge in [-0.1, -0.05) is 13.8 Å². The van der Waals surface area contributed by atoms with Gasteiger partial charge in [-0.15, -0.1) is 0 Å². The first-order chi connectivity index (χ1) is 9.14. The van der Waals surface area contributed by atoms with Gasteiger partial charge in [0, 0.05) is 24.4 Å². The summed E-state index contributed by atoms with van der Waals surface area (Å²) < 4.78 is 0. The summed E-state index contributed by atoms with van der Waals surface area (Å²) in [5.41, 5.74) is 0.550. The molecule has 3 heteroatoms. The number of thioether (sulfide) groups is 1. The summed E-state index contributed by atoms with van der Waals surface area (Å²) in [4.78, 5) is 2.92. The van der Waals surface area contributed by atoms with Crippen LogP contribution in [0.15, 0.2) is 0 Å². The van der Waals surface area contributed by atoms with Gasteiger partial charge < -0.3 is 5.32 Å². The lowest BCUT2D eigenvalue weighted by atomic mass is 9.86. The van der Waals surface area contributed by atoms with Crippen LogP contribution in [0.5, 0.6) is 0 Å². The van der Waals surface area contributed by atoms with E-state index in [1.807, 2.05) is 0 Å². The molecule has 3 aliphatic rings. The Bertz CT molecular complexity index is 295. The van der Waals surface area contributed by atoms with Gasteiger partial charge >= 0.3 is 0 Å². The number of piperidine rings is 1. The lowest BCUT2D eigenvalue weighted by Crippen LogP contribution is -2.47. The van der Waals surface area contributed by atoms with Crippen molar-refractivity contribution in [3.63, 3.8) is 0 Å². The molecule has 0 bridgehead atoms. The third-order valence-electron chi connectivity index (χ3n) is 5.00. The van der Waals surface area contributed by atoms with E-state index >= 15 is 0 Å². The maximum atomic E-state index is 3.50. The fourth-order valence-electron chi connectivity index (χ4n) is 3.80. The summed E-state index contributed by atoms with van der Waals surface area (Å²) in [5.74, 6) is 3.69. The second-order valence-electron chi connectivity index (χ2n) is 7.66. The smallest absolute Gasteiger partial charge is 0.0194 e. The Balaban J connectivity index is 1.60. The van der Waals surface area contributed by atoms with Crippen LogP contribution in [0.25, 0.3) is 0 Å². The van der Waals surface area contributed by atoms with E-state index in [4.69, 9.17) is 0 Å². The number of hydrogen-bond donors (Lipinski definition) is 1. The minimum atomic E-state index is 0.550. The van der Waals surface area contributed by atoms with E-state index in [0.29, 0.717) is 5.41 Å². The summed E-state index contributed by atoms with van der Waals surface area (Å²) in [6, 6.07) is 1.80. The first-order valence-electron chi connectivity index (χ1n) is 8.18. The Labute approximate surface area is 123 Å². The van der Waals surface area contributed by atoms with Gasteiger partial charge in [-0.05, 0) is 62.3 Å². The Hall–Kier alpha value is 0.270. The number of nitrogens with one attached hydrogen (secondary N) is 1. The zero-order chi connectivity index (χ0) is 13.3. The van der Waals surface area contributed by atoms with E-state index in [0.717, 1.165) is 18.0 Å². The molecule has 3 fully saturated rings. The second kappa shape index (κ2) is 5.95. The molecule has 1 aliphatic carbocycles. The molecule has 0 aromatic rings. The Morgan fingerprint density at radius 3 is 2.47 bits per heavy atom. The van der Waals surface area contributed by atoms with Crippen molar-refractivity contribution in [2.75, 3.05) is 31.1 Å². The third kappa shape index (κ3) is 3.89. The van der Waals surface area contributed by atoms with Crippen LogP contribution in [-0.4, -0.2) is 48.1 Å². The Morgan fingerprint density at radius 1 is 1.11 bits per heavy atom. The van der Waals surface area contributed by atoms with Crippen LogP contribution in [0.2, 0.25) is 0 Å². The predicted octanol–water partition coefficient (Wildman–Crippen LogP) is 2.98. The van der Waals surface area contributed by atoms with Crippen molar-refractivity contribution >= 4 is 11.8 Å². The Morgan fingerprint density at radius 2 is 1.84 bits per heavy atom. The molecular weight excluding hydrogens is 252 g/mol. The molecule has 2 saturated heterocycles. The van der Waals surface area contributed by atoms with Crippen LogP contribution >= 0.6 is 11.8 Å². The zero-order valence-corrected chi connectivity index (χ0v) is 13.5. The van der Waals surface area contributed by atoms with Crippen LogP contribution in [-0.2, 0) is 0 Å². The van der Waals surface area contributed by atoms with E-state index < -0.39 is 0 Å². The van der Waals surface area contributed by atoms with Gasteiger partial charge in [-0.3, -0.25) is 4.90 Å². The largest absolute Gasteiger partial charge is 0.317 e. The lowest BCUT2D eigenvalue weighted by molar-refractivity contribution is 0.120. The van der Waals surface area contributed by atoms with E-state index in [1.165, 1.54) is 63.2 Å². The highest BCUT2D eigenvalue weighted by atomic mass is 32.2. The molecule has 1 N–H and O–H groups in total. The van der Waals surface area contributed by atoms with Gasteiger partial charge in [-0.25, -0.2) is 0 Å². The molecule has 0 radical (unpaired) electrons. The van der Waals surface area contributed by atoms with Crippen molar-refractivity contribution < 1.29 is 0 Å². The fourth-order valence-corrected chi connectivity index (χ4v) is 5.17. The number of nitrogens with zero attached hydrogens (tertiary/aromatic N) is 1. The van der Waals surface area contributed by atoms with E-state index in [2.05, 4.69) is 35.8 Å². The van der Waals surface area contributed by atoms with Crippen molar-refractivity contribution in [2.24, 2.45) is 11.3 Å². The number of hydrogen-bond acceptors (Lipinski definition) is 3. The van der Waals surface area contributed by atoms with Gasteiger partial charge in [0.15, 0.2) is 0 Å². The highest BCUT2D eigenvalue weighted by molar-refractivity contribution is 7.99. The van der Waals surface area contributed by atoms with Gasteiger partial charge in [0.1, 0.15) is 0 Å². The van der Waals surface area contributed by atoms with Gasteiger partial charge in [0.05, 0.1) is 0 Å². The van der Waals surface area contributed by atoms with Crippen molar-refractivity contribution in [2.45, 2.75) is 58.0 Å². The highest BCUT2D eigenvalue weighted by Crippen LogP contribution is 2.40. The summed E-state index contributed by atoms with van der Waals surface area (Å²) in [6.45, 7) is 8.79. The monoisotopic (exact) mass is 282 g/mol. The maximum absolute atomic E-state index is 3.50. The first kappa shape index (κ1) is 14.2. The Kier molecular flexibility index (Phi) is 4.45. The van der Waals surface area contributed by atoms with Crippen molar-refractivity contribution in [1.29, 1.82) is 0 Å². The quantitative estimate of drug-likeness (QED) is 0.853. The minimum absolute atomic E-state index is 0.550. The molecule has 1 unspecified atom stereocenters. The molecule has 0 aromatic carbocycles. The summed E-state index contributed by atoms with van der Waals surface area (Å²) in [5, 5.41) is 3.50. The van der Waals surface area contributed by atoms with Crippen molar-refractivity contribution in [3.05, 3.63) is 0 Å². The van der Waals surface area contributed by atoms with E-state index in [1.54, 1.807) is 0 Å². The SMILES string of the molecule is CC1(C)CSCC(N(CC2CCNCC2)C2CC2)C1. The molecule has 0 amide bonds. The van der Waals surface area contributed by atoms with E-state index in [9.17, 15) is 0 Å². The molecule has 2 heterocycles. The maximum Gasteiger partial charge on any atom is 0.0194 e. The standard InChI is InChI=1S/C16H30N2S/c1-16(2)9-15(11-19-12-16)18(14-3-4-14)10-13-5-7-17-8-6-13/h13-15,17H,3-12H2,1-2H3. The summed E-state index contributed by atoms with van der Waals surface area (Å²) in [6.07, 6.45) is 7.14. The molecule has 110 valence electrons. The van der Waals surface area contributed by atoms with Crippen LogP contribution in [0, 0.1) is 11.3 Å². The van der Waals surface area contributed by atoms with E-state index in [-0.39, 0.29) is 0 Å². The minimum Gasteiger partial charge on any atom is -0.317 e. The van der Waals surface area contributed by atoms with Crippen LogP contribution < -0.4 is 5.32 Å². The molecule has 1 saturated carbocycles. The van der Waals surface area contributed by atoms with Crippen LogP contribution in [0.4, 0.5) is 0 Å². The number of rotatable bonds is 4. The molecule has 19 heavy (non-hydrogen) atoms. The summed E-state index contributed by atoms with van der Waals surface area (Å²) in [7, 11) is 0. The van der Waals surface area contributed by atoms with Gasteiger partial charge in [-0.2, -0.15) is 11.8 Å². The van der Waals surface area contributed by atoms with Crippen LogP contribution in [0.3, 0.4) is 0 Å². The highest BCUT2D eigenvalue weighted by Gasteiger charge is 2.39. The zero-order valence-electron chi connectivity index (χ0n) is 12.7. The normalized spacial score (nSPS) is 32.7. The first-order valence-corrected chi connectivity index (χ1v) is 9.34. The second-order valence-corrected chi connectivity index (χ2v) is 8.69. The summed E-state index contributed by atoms with van der Waals surface area (Å²) >= 11 is 2.19. The predicted molar refractivity (Wildman–Crippen MR) is 84.8 cm³/mol. The third-order valence-corrected chi connectivity index (χ3v) is 6.61. The average molecular weight is 282 g/mol. The van der Waals surface area contributed by atoms with Gasteiger partial charge in [0.2, 0.25) is 0 Å². The molecule has 3 rings (SSSR count).